The van der Waals surface area contributed by atoms with Crippen LogP contribution >= 0.6 is 0 Å². The molecule has 6 aromatic rings. The van der Waals surface area contributed by atoms with Gasteiger partial charge in [0, 0.05) is 73.7 Å². The molecule has 0 aliphatic carbocycles. The lowest BCUT2D eigenvalue weighted by Gasteiger charge is -2.26. The van der Waals surface area contributed by atoms with E-state index in [0.29, 0.717) is 23.7 Å². The number of fused-ring (bicyclic) bond motifs is 1. The molecule has 1 saturated heterocycles. The minimum atomic E-state index is 0.483. The van der Waals surface area contributed by atoms with Crippen LogP contribution in [0.4, 0.5) is 0 Å². The number of hydrogen-bond acceptors (Lipinski definition) is 10. The van der Waals surface area contributed by atoms with Gasteiger partial charge in [-0.2, -0.15) is 10.2 Å². The zero-order valence-electron chi connectivity index (χ0n) is 22.6. The molecule has 1 aromatic carbocycles. The van der Waals surface area contributed by atoms with Crippen molar-refractivity contribution in [3.05, 3.63) is 73.2 Å². The molecule has 0 bridgehead atoms. The second-order valence-corrected chi connectivity index (χ2v) is 9.99. The van der Waals surface area contributed by atoms with Gasteiger partial charge in [-0.3, -0.25) is 14.3 Å². The van der Waals surface area contributed by atoms with Crippen LogP contribution in [-0.4, -0.2) is 92.2 Å². The van der Waals surface area contributed by atoms with Crippen LogP contribution in [0.15, 0.2) is 67.6 Å². The number of benzene rings is 1. The Kier molecular flexibility index (Phi) is 6.70. The number of aryl methyl sites for hydroxylation is 1. The number of morpholine rings is 1. The minimum absolute atomic E-state index is 0.483. The Bertz CT molecular complexity index is 1780. The Morgan fingerprint density at radius 2 is 1.68 bits per heavy atom. The molecule has 0 unspecified atom stereocenters. The van der Waals surface area contributed by atoms with E-state index < -0.39 is 0 Å². The van der Waals surface area contributed by atoms with E-state index >= 15 is 0 Å². The van der Waals surface area contributed by atoms with Crippen molar-refractivity contribution in [2.24, 2.45) is 7.05 Å². The van der Waals surface area contributed by atoms with E-state index in [2.05, 4.69) is 46.4 Å². The zero-order chi connectivity index (χ0) is 27.6. The smallest absolute Gasteiger partial charge is 0.221 e. The van der Waals surface area contributed by atoms with E-state index in [0.717, 1.165) is 72.9 Å². The summed E-state index contributed by atoms with van der Waals surface area (Å²) in [6, 6.07) is 8.09. The molecular formula is C28H28N12O. The first kappa shape index (κ1) is 25.1. The fourth-order valence-corrected chi connectivity index (χ4v) is 4.87. The van der Waals surface area contributed by atoms with Gasteiger partial charge in [0.15, 0.2) is 11.5 Å². The van der Waals surface area contributed by atoms with Crippen molar-refractivity contribution in [3.8, 4) is 33.8 Å². The topological polar surface area (TPSA) is 130 Å². The molecule has 7 rings (SSSR count). The first-order chi connectivity index (χ1) is 20.2. The lowest BCUT2D eigenvalue weighted by atomic mass is 10.1. The Morgan fingerprint density at radius 1 is 0.829 bits per heavy atom. The van der Waals surface area contributed by atoms with Crippen LogP contribution in [0.25, 0.3) is 45.1 Å². The molecule has 1 fully saturated rings. The van der Waals surface area contributed by atoms with Crippen molar-refractivity contribution in [2.75, 3.05) is 32.8 Å². The highest BCUT2D eigenvalue weighted by Crippen LogP contribution is 2.22. The second-order valence-electron chi connectivity index (χ2n) is 9.99. The third-order valence-corrected chi connectivity index (χ3v) is 7.11. The van der Waals surface area contributed by atoms with Gasteiger partial charge in [-0.05, 0) is 11.6 Å². The van der Waals surface area contributed by atoms with Crippen molar-refractivity contribution in [1.29, 1.82) is 0 Å². The number of rotatable bonds is 8. The van der Waals surface area contributed by atoms with Gasteiger partial charge in [-0.25, -0.2) is 24.6 Å². The molecule has 1 aliphatic heterocycles. The van der Waals surface area contributed by atoms with Gasteiger partial charge in [0.1, 0.15) is 0 Å². The summed E-state index contributed by atoms with van der Waals surface area (Å²) < 4.78 is 10.9. The molecule has 0 saturated carbocycles. The van der Waals surface area contributed by atoms with Gasteiger partial charge >= 0.3 is 0 Å². The summed E-state index contributed by atoms with van der Waals surface area (Å²) in [4.78, 5) is 20.9. The molecule has 0 spiro atoms. The average Bonchev–Trinajstić information content (AvgIpc) is 3.77. The SMILES string of the molecule is Cn1cc(-c2cnc3nnn(Cc4cccc(-c5ncc(-c6cnn(CCN7CCOCC7)c6)cn5)c4)c3n2)cn1. The summed E-state index contributed by atoms with van der Waals surface area (Å²) in [6.07, 6.45) is 13.0. The first-order valence-corrected chi connectivity index (χ1v) is 13.5. The average molecular weight is 549 g/mol. The molecule has 0 atom stereocenters. The van der Waals surface area contributed by atoms with Crippen LogP contribution in [0, 0.1) is 0 Å². The van der Waals surface area contributed by atoms with Gasteiger partial charge in [0.05, 0.1) is 50.6 Å². The van der Waals surface area contributed by atoms with Gasteiger partial charge in [-0.1, -0.05) is 23.4 Å². The fourth-order valence-electron chi connectivity index (χ4n) is 4.87. The third-order valence-electron chi connectivity index (χ3n) is 7.11. The van der Waals surface area contributed by atoms with E-state index in [1.54, 1.807) is 21.8 Å². The van der Waals surface area contributed by atoms with Gasteiger partial charge < -0.3 is 4.74 Å². The summed E-state index contributed by atoms with van der Waals surface area (Å²) in [5.74, 6) is 0.650. The standard InChI is InChI=1S/C28H28N12O/c1-37-18-24(15-32-37)25-16-31-27-28(34-25)40(36-35-27)17-20-3-2-4-21(11-20)26-29-12-22(13-30-26)23-14-33-39(19-23)6-5-38-7-9-41-10-8-38/h2-4,11-16,18-19H,5-10,17H2,1H3. The van der Waals surface area contributed by atoms with Crippen molar-refractivity contribution in [3.63, 3.8) is 0 Å². The molecule has 5 aromatic heterocycles. The lowest BCUT2D eigenvalue weighted by molar-refractivity contribution is 0.0360. The molecular weight excluding hydrogens is 520 g/mol. The largest absolute Gasteiger partial charge is 0.379 e. The van der Waals surface area contributed by atoms with Crippen LogP contribution in [0.2, 0.25) is 0 Å². The van der Waals surface area contributed by atoms with Crippen LogP contribution in [0.5, 0.6) is 0 Å². The lowest BCUT2D eigenvalue weighted by Crippen LogP contribution is -2.38. The van der Waals surface area contributed by atoms with Crippen molar-refractivity contribution in [2.45, 2.75) is 13.1 Å². The third kappa shape index (κ3) is 5.44. The van der Waals surface area contributed by atoms with Crippen molar-refractivity contribution < 1.29 is 4.74 Å². The normalized spacial score (nSPS) is 14.2. The highest BCUT2D eigenvalue weighted by atomic mass is 16.5. The molecule has 0 radical (unpaired) electrons. The highest BCUT2D eigenvalue weighted by Gasteiger charge is 2.13. The predicted molar refractivity (Wildman–Crippen MR) is 150 cm³/mol. The van der Waals surface area contributed by atoms with Crippen molar-refractivity contribution in [1.82, 2.24) is 59.4 Å². The van der Waals surface area contributed by atoms with Crippen LogP contribution in [0.1, 0.15) is 5.56 Å². The zero-order valence-corrected chi connectivity index (χ0v) is 22.6. The first-order valence-electron chi connectivity index (χ1n) is 13.5. The van der Waals surface area contributed by atoms with Gasteiger partial charge in [0.2, 0.25) is 5.65 Å². The highest BCUT2D eigenvalue weighted by molar-refractivity contribution is 5.69. The maximum atomic E-state index is 5.43. The number of nitrogens with zero attached hydrogens (tertiary/aromatic N) is 12. The van der Waals surface area contributed by atoms with Crippen LogP contribution < -0.4 is 0 Å². The number of aromatic nitrogens is 11. The van der Waals surface area contributed by atoms with E-state index in [4.69, 9.17) is 9.72 Å². The molecule has 6 heterocycles. The molecule has 13 heteroatoms. The Balaban J connectivity index is 1.05. The maximum Gasteiger partial charge on any atom is 0.221 e. The summed E-state index contributed by atoms with van der Waals surface area (Å²) in [5, 5.41) is 17.2. The summed E-state index contributed by atoms with van der Waals surface area (Å²) in [6.45, 7) is 5.83. The summed E-state index contributed by atoms with van der Waals surface area (Å²) >= 11 is 0. The van der Waals surface area contributed by atoms with Crippen molar-refractivity contribution >= 4 is 11.3 Å². The molecule has 41 heavy (non-hydrogen) atoms. The van der Waals surface area contributed by atoms with Gasteiger partial charge in [0.25, 0.3) is 0 Å². The van der Waals surface area contributed by atoms with E-state index in [9.17, 15) is 0 Å². The summed E-state index contributed by atoms with van der Waals surface area (Å²) in [5.41, 5.74) is 6.59. The molecule has 0 amide bonds. The van der Waals surface area contributed by atoms with Crippen LogP contribution in [-0.2, 0) is 24.9 Å². The molecule has 206 valence electrons. The number of ether oxygens (including phenoxy) is 1. The predicted octanol–water partition coefficient (Wildman–Crippen LogP) is 2.32. The van der Waals surface area contributed by atoms with Gasteiger partial charge in [-0.15, -0.1) is 5.10 Å². The van der Waals surface area contributed by atoms with E-state index in [1.165, 1.54) is 0 Å². The monoisotopic (exact) mass is 548 g/mol. The molecule has 13 nitrogen and oxygen atoms in total. The quantitative estimate of drug-likeness (QED) is 0.279. The Hall–Kier alpha value is -4.88. The van der Waals surface area contributed by atoms with E-state index in [-0.39, 0.29) is 0 Å². The fraction of sp³-hybridized carbons (Fsp3) is 0.286. The maximum absolute atomic E-state index is 5.43. The molecule has 0 N–H and O–H groups in total. The Morgan fingerprint density at radius 3 is 2.51 bits per heavy atom. The Labute approximate surface area is 235 Å². The second kappa shape index (κ2) is 10.9. The minimum Gasteiger partial charge on any atom is -0.379 e. The molecule has 1 aliphatic rings. The van der Waals surface area contributed by atoms with Crippen LogP contribution in [0.3, 0.4) is 0 Å². The van der Waals surface area contributed by atoms with E-state index in [1.807, 2.05) is 60.9 Å². The summed E-state index contributed by atoms with van der Waals surface area (Å²) in [7, 11) is 1.87. The number of hydrogen-bond donors (Lipinski definition) is 0.